The second kappa shape index (κ2) is 6.50. The summed E-state index contributed by atoms with van der Waals surface area (Å²) in [6, 6.07) is 0. The van der Waals surface area contributed by atoms with E-state index >= 15 is 0 Å². The van der Waals surface area contributed by atoms with Gasteiger partial charge in [-0.1, -0.05) is 31.9 Å². The van der Waals surface area contributed by atoms with Crippen molar-refractivity contribution in [1.29, 1.82) is 0 Å². The molecule has 0 amide bonds. The van der Waals surface area contributed by atoms with Crippen molar-refractivity contribution in [3.8, 4) is 0 Å². The maximum absolute atomic E-state index is 3.37. The molecule has 1 atom stereocenters. The zero-order chi connectivity index (χ0) is 8.10. The molecule has 0 aromatic heterocycles. The Kier molecular flexibility index (Phi) is 6.49. The second-order valence-electron chi connectivity index (χ2n) is 3.46. The van der Waals surface area contributed by atoms with Gasteiger partial charge in [0.2, 0.25) is 0 Å². The van der Waals surface area contributed by atoms with E-state index in [2.05, 4.69) is 25.2 Å². The van der Waals surface area contributed by atoms with Gasteiger partial charge in [0.05, 0.1) is 0 Å². The molecule has 1 aliphatic heterocycles. The highest BCUT2D eigenvalue weighted by molar-refractivity contribution is 5.85. The lowest BCUT2D eigenvalue weighted by molar-refractivity contribution is 0.593. The van der Waals surface area contributed by atoms with Gasteiger partial charge in [0, 0.05) is 0 Å². The summed E-state index contributed by atoms with van der Waals surface area (Å²) in [5.74, 6) is 0.781. The first-order valence-electron chi connectivity index (χ1n) is 4.73. The van der Waals surface area contributed by atoms with E-state index in [1.54, 1.807) is 5.57 Å². The molecule has 0 saturated carbocycles. The smallest absolute Gasteiger partial charge is 0.00115 e. The van der Waals surface area contributed by atoms with Crippen molar-refractivity contribution >= 4 is 12.4 Å². The number of hydrogen-bond acceptors (Lipinski definition) is 1. The van der Waals surface area contributed by atoms with E-state index in [0.29, 0.717) is 0 Å². The van der Waals surface area contributed by atoms with Gasteiger partial charge in [-0.15, -0.1) is 12.4 Å². The molecular formula is C10H20ClN. The monoisotopic (exact) mass is 189 g/mol. The van der Waals surface area contributed by atoms with Crippen molar-refractivity contribution in [2.24, 2.45) is 5.92 Å². The molecule has 12 heavy (non-hydrogen) atoms. The molecule has 0 radical (unpaired) electrons. The predicted molar refractivity (Wildman–Crippen MR) is 56.9 cm³/mol. The van der Waals surface area contributed by atoms with Gasteiger partial charge in [-0.05, 0) is 31.8 Å². The zero-order valence-corrected chi connectivity index (χ0v) is 8.91. The van der Waals surface area contributed by atoms with Crippen LogP contribution in [0.5, 0.6) is 0 Å². The van der Waals surface area contributed by atoms with Crippen LogP contribution < -0.4 is 5.32 Å². The van der Waals surface area contributed by atoms with Crippen LogP contribution in [-0.2, 0) is 0 Å². The third-order valence-corrected chi connectivity index (χ3v) is 2.41. The van der Waals surface area contributed by atoms with E-state index in [9.17, 15) is 0 Å². The maximum Gasteiger partial charge on any atom is -0.00115 e. The van der Waals surface area contributed by atoms with Gasteiger partial charge in [-0.25, -0.2) is 0 Å². The Labute approximate surface area is 82.0 Å². The van der Waals surface area contributed by atoms with Crippen molar-refractivity contribution < 1.29 is 0 Å². The number of rotatable bonds is 2. The minimum Gasteiger partial charge on any atom is -0.316 e. The largest absolute Gasteiger partial charge is 0.316 e. The summed E-state index contributed by atoms with van der Waals surface area (Å²) >= 11 is 0. The molecule has 0 aromatic rings. The number of allylic oxidation sites excluding steroid dienone is 1. The fraction of sp³-hybridized carbons (Fsp3) is 0.800. The molecule has 1 rings (SSSR count). The minimum absolute atomic E-state index is 0. The van der Waals surface area contributed by atoms with Crippen LogP contribution in [0.1, 0.15) is 33.1 Å². The van der Waals surface area contributed by atoms with Crippen LogP contribution in [-0.4, -0.2) is 13.1 Å². The predicted octanol–water partition coefficient (Wildman–Crippen LogP) is 2.76. The highest BCUT2D eigenvalue weighted by atomic mass is 35.5. The first kappa shape index (κ1) is 12.0. The Balaban J connectivity index is 0.00000121. The summed E-state index contributed by atoms with van der Waals surface area (Å²) in [4.78, 5) is 0. The summed E-state index contributed by atoms with van der Waals surface area (Å²) in [6.45, 7) is 6.92. The van der Waals surface area contributed by atoms with Gasteiger partial charge < -0.3 is 5.32 Å². The Hall–Kier alpha value is -0.0100. The third-order valence-electron chi connectivity index (χ3n) is 2.41. The van der Waals surface area contributed by atoms with Gasteiger partial charge in [-0.2, -0.15) is 0 Å². The molecule has 1 saturated heterocycles. The molecule has 72 valence electrons. The topological polar surface area (TPSA) is 12.0 Å². The molecule has 1 aliphatic rings. The van der Waals surface area contributed by atoms with Crippen LogP contribution in [0.2, 0.25) is 0 Å². The fourth-order valence-corrected chi connectivity index (χ4v) is 1.43. The van der Waals surface area contributed by atoms with Crippen LogP contribution in [0.4, 0.5) is 0 Å². The average molecular weight is 190 g/mol. The van der Waals surface area contributed by atoms with Gasteiger partial charge >= 0.3 is 0 Å². The first-order valence-corrected chi connectivity index (χ1v) is 4.73. The van der Waals surface area contributed by atoms with Crippen molar-refractivity contribution in [1.82, 2.24) is 5.32 Å². The lowest BCUT2D eigenvalue weighted by Gasteiger charge is -2.16. The number of hydrogen-bond donors (Lipinski definition) is 1. The number of halogens is 1. The molecule has 1 heterocycles. The molecule has 1 fully saturated rings. The molecule has 1 nitrogen and oxygen atoms in total. The Morgan fingerprint density at radius 1 is 1.42 bits per heavy atom. The molecule has 1 unspecified atom stereocenters. The molecule has 1 N–H and O–H groups in total. The second-order valence-corrected chi connectivity index (χ2v) is 3.46. The SMILES string of the molecule is CCC(C)C=C1CCNCC1.Cl. The first-order chi connectivity index (χ1) is 5.33. The van der Waals surface area contributed by atoms with Gasteiger partial charge in [0.25, 0.3) is 0 Å². The average Bonchev–Trinajstić information content (AvgIpc) is 2.06. The van der Waals surface area contributed by atoms with Gasteiger partial charge in [-0.3, -0.25) is 0 Å². The molecule has 0 aromatic carbocycles. The Morgan fingerprint density at radius 2 is 2.00 bits per heavy atom. The quantitative estimate of drug-likeness (QED) is 0.659. The van der Waals surface area contributed by atoms with E-state index in [1.807, 2.05) is 0 Å². The third kappa shape index (κ3) is 4.13. The van der Waals surface area contributed by atoms with Gasteiger partial charge in [0.15, 0.2) is 0 Å². The summed E-state index contributed by atoms with van der Waals surface area (Å²) in [7, 11) is 0. The maximum atomic E-state index is 3.37. The van der Waals surface area contributed by atoms with Crippen molar-refractivity contribution in [3.05, 3.63) is 11.6 Å². The van der Waals surface area contributed by atoms with E-state index in [-0.39, 0.29) is 12.4 Å². The fourth-order valence-electron chi connectivity index (χ4n) is 1.43. The van der Waals surface area contributed by atoms with E-state index in [1.165, 1.54) is 32.4 Å². The highest BCUT2D eigenvalue weighted by Crippen LogP contribution is 2.14. The van der Waals surface area contributed by atoms with E-state index < -0.39 is 0 Å². The van der Waals surface area contributed by atoms with Crippen molar-refractivity contribution in [3.63, 3.8) is 0 Å². The molecular weight excluding hydrogens is 170 g/mol. The van der Waals surface area contributed by atoms with Crippen molar-refractivity contribution in [2.75, 3.05) is 13.1 Å². The summed E-state index contributed by atoms with van der Waals surface area (Å²) in [5, 5.41) is 3.37. The highest BCUT2D eigenvalue weighted by Gasteiger charge is 2.04. The Morgan fingerprint density at radius 3 is 2.50 bits per heavy atom. The molecule has 0 spiro atoms. The number of nitrogens with one attached hydrogen (secondary N) is 1. The molecule has 0 bridgehead atoms. The van der Waals surface area contributed by atoms with Crippen LogP contribution >= 0.6 is 12.4 Å². The van der Waals surface area contributed by atoms with Crippen molar-refractivity contribution in [2.45, 2.75) is 33.1 Å². The molecule has 0 aliphatic carbocycles. The number of piperidine rings is 1. The lowest BCUT2D eigenvalue weighted by Crippen LogP contribution is -2.23. The van der Waals surface area contributed by atoms with Gasteiger partial charge in [0.1, 0.15) is 0 Å². The standard InChI is InChI=1S/C10H19N.ClH/c1-3-9(2)8-10-4-6-11-7-5-10;/h8-9,11H,3-7H2,1-2H3;1H. The summed E-state index contributed by atoms with van der Waals surface area (Å²) in [5.41, 5.74) is 1.66. The minimum atomic E-state index is 0. The van der Waals surface area contributed by atoms with Crippen LogP contribution in [0.25, 0.3) is 0 Å². The summed E-state index contributed by atoms with van der Waals surface area (Å²) in [6.07, 6.45) is 6.27. The molecule has 2 heteroatoms. The van der Waals surface area contributed by atoms with Crippen LogP contribution in [0.15, 0.2) is 11.6 Å². The lowest BCUT2D eigenvalue weighted by atomic mass is 9.99. The normalized spacial score (nSPS) is 19.7. The van der Waals surface area contributed by atoms with E-state index in [0.717, 1.165) is 5.92 Å². The van der Waals surface area contributed by atoms with Crippen LogP contribution in [0.3, 0.4) is 0 Å². The Bertz CT molecular complexity index is 135. The van der Waals surface area contributed by atoms with Crippen LogP contribution in [0, 0.1) is 5.92 Å². The zero-order valence-electron chi connectivity index (χ0n) is 8.10. The summed E-state index contributed by atoms with van der Waals surface area (Å²) < 4.78 is 0. The van der Waals surface area contributed by atoms with E-state index in [4.69, 9.17) is 0 Å².